The predicted molar refractivity (Wildman–Crippen MR) is 102 cm³/mol. The second-order valence-electron chi connectivity index (χ2n) is 6.52. The van der Waals surface area contributed by atoms with E-state index in [1.54, 1.807) is 6.20 Å². The van der Waals surface area contributed by atoms with Crippen molar-refractivity contribution >= 4 is 11.8 Å². The fourth-order valence-electron chi connectivity index (χ4n) is 3.25. The molecule has 7 heteroatoms. The van der Waals surface area contributed by atoms with Gasteiger partial charge in [0, 0.05) is 49.7 Å². The summed E-state index contributed by atoms with van der Waals surface area (Å²) in [6.07, 6.45) is 2.75. The van der Waals surface area contributed by atoms with Crippen molar-refractivity contribution in [2.75, 3.05) is 18.8 Å². The van der Waals surface area contributed by atoms with Gasteiger partial charge in [0.1, 0.15) is 5.82 Å². The maximum Gasteiger partial charge on any atom is 0.155 e. The second kappa shape index (κ2) is 7.65. The summed E-state index contributed by atoms with van der Waals surface area (Å²) in [5.41, 5.74) is 1.83. The molecule has 3 heterocycles. The van der Waals surface area contributed by atoms with Crippen LogP contribution in [0.4, 0.5) is 0 Å². The van der Waals surface area contributed by atoms with E-state index in [-0.39, 0.29) is 0 Å². The van der Waals surface area contributed by atoms with Crippen LogP contribution in [0.5, 0.6) is 0 Å². The second-order valence-corrected chi connectivity index (χ2v) is 7.69. The molecular formula is C19H23N5OS. The van der Waals surface area contributed by atoms with Crippen molar-refractivity contribution in [2.24, 2.45) is 7.05 Å². The fourth-order valence-corrected chi connectivity index (χ4v) is 4.18. The molecule has 0 bridgehead atoms. The first-order chi connectivity index (χ1) is 12.7. The van der Waals surface area contributed by atoms with Crippen LogP contribution in [0.1, 0.15) is 23.3 Å². The standard InChI is InChI=1S/C19H23N5OS/c1-22-8-7-20-19(22)18(25)17-13-15-14-23(9-10-24(15)21-17)11-12-26-16-5-3-2-4-6-16/h2-8,13,18,25H,9-12,14H2,1H3. The van der Waals surface area contributed by atoms with E-state index in [4.69, 9.17) is 0 Å². The summed E-state index contributed by atoms with van der Waals surface area (Å²) in [5, 5.41) is 15.2. The number of aliphatic hydroxyl groups excluding tert-OH is 1. The summed E-state index contributed by atoms with van der Waals surface area (Å²) in [6, 6.07) is 12.5. The van der Waals surface area contributed by atoms with Crippen LogP contribution >= 0.6 is 11.8 Å². The van der Waals surface area contributed by atoms with Gasteiger partial charge >= 0.3 is 0 Å². The third-order valence-corrected chi connectivity index (χ3v) is 5.69. The molecule has 0 amide bonds. The zero-order valence-corrected chi connectivity index (χ0v) is 15.6. The summed E-state index contributed by atoms with van der Waals surface area (Å²) < 4.78 is 3.85. The number of aromatic nitrogens is 4. The molecule has 3 aromatic rings. The Hall–Kier alpha value is -2.09. The molecule has 6 nitrogen and oxygen atoms in total. The van der Waals surface area contributed by atoms with Gasteiger partial charge in [0.25, 0.3) is 0 Å². The monoisotopic (exact) mass is 369 g/mol. The van der Waals surface area contributed by atoms with Crippen LogP contribution in [0, 0.1) is 0 Å². The van der Waals surface area contributed by atoms with Crippen molar-refractivity contribution in [2.45, 2.75) is 24.1 Å². The number of imidazole rings is 1. The first-order valence-electron chi connectivity index (χ1n) is 8.83. The van der Waals surface area contributed by atoms with E-state index in [0.717, 1.165) is 37.6 Å². The average molecular weight is 369 g/mol. The average Bonchev–Trinajstić information content (AvgIpc) is 3.28. The number of aliphatic hydroxyl groups is 1. The highest BCUT2D eigenvalue weighted by atomic mass is 32.2. The summed E-state index contributed by atoms with van der Waals surface area (Å²) in [4.78, 5) is 8.00. The van der Waals surface area contributed by atoms with E-state index in [1.165, 1.54) is 4.90 Å². The first kappa shape index (κ1) is 17.3. The molecule has 2 aromatic heterocycles. The summed E-state index contributed by atoms with van der Waals surface area (Å²) in [5.74, 6) is 1.69. The lowest BCUT2D eigenvalue weighted by Gasteiger charge is -2.27. The van der Waals surface area contributed by atoms with Gasteiger partial charge in [0.2, 0.25) is 0 Å². The van der Waals surface area contributed by atoms with Crippen LogP contribution in [0.25, 0.3) is 0 Å². The Kier molecular flexibility index (Phi) is 5.10. The molecule has 1 atom stereocenters. The number of thioether (sulfide) groups is 1. The summed E-state index contributed by atoms with van der Waals surface area (Å²) in [7, 11) is 1.88. The minimum atomic E-state index is -0.782. The molecule has 1 N–H and O–H groups in total. The van der Waals surface area contributed by atoms with Gasteiger partial charge in [-0.3, -0.25) is 9.58 Å². The van der Waals surface area contributed by atoms with Crippen LogP contribution in [-0.2, 0) is 20.1 Å². The van der Waals surface area contributed by atoms with E-state index in [9.17, 15) is 5.11 Å². The highest BCUT2D eigenvalue weighted by Crippen LogP contribution is 2.23. The zero-order valence-electron chi connectivity index (χ0n) is 14.8. The van der Waals surface area contributed by atoms with Crippen molar-refractivity contribution in [3.05, 3.63) is 66.0 Å². The minimum Gasteiger partial charge on any atom is -0.379 e. The van der Waals surface area contributed by atoms with Gasteiger partial charge in [0.05, 0.1) is 17.9 Å². The lowest BCUT2D eigenvalue weighted by atomic mass is 10.2. The number of fused-ring (bicyclic) bond motifs is 1. The number of benzene rings is 1. The van der Waals surface area contributed by atoms with Gasteiger partial charge in [-0.25, -0.2) is 4.98 Å². The molecule has 1 aromatic carbocycles. The third-order valence-electron chi connectivity index (χ3n) is 4.70. The van der Waals surface area contributed by atoms with Crippen LogP contribution in [0.3, 0.4) is 0 Å². The number of rotatable bonds is 6. The molecule has 1 aliphatic rings. The number of aryl methyl sites for hydroxylation is 1. The number of hydrogen-bond donors (Lipinski definition) is 1. The van der Waals surface area contributed by atoms with Gasteiger partial charge < -0.3 is 9.67 Å². The van der Waals surface area contributed by atoms with Crippen LogP contribution in [0.2, 0.25) is 0 Å². The Morgan fingerprint density at radius 3 is 2.85 bits per heavy atom. The van der Waals surface area contributed by atoms with Gasteiger partial charge in [-0.1, -0.05) is 18.2 Å². The van der Waals surface area contributed by atoms with Gasteiger partial charge in [-0.15, -0.1) is 11.8 Å². The normalized spacial score (nSPS) is 15.8. The summed E-state index contributed by atoms with van der Waals surface area (Å²) >= 11 is 1.89. The summed E-state index contributed by atoms with van der Waals surface area (Å²) in [6.45, 7) is 3.76. The van der Waals surface area contributed by atoms with Crippen molar-refractivity contribution in [1.29, 1.82) is 0 Å². The Morgan fingerprint density at radius 2 is 2.08 bits per heavy atom. The Bertz CT molecular complexity index is 860. The topological polar surface area (TPSA) is 59.1 Å². The van der Waals surface area contributed by atoms with Crippen molar-refractivity contribution in [3.8, 4) is 0 Å². The molecule has 1 unspecified atom stereocenters. The Labute approximate surface area is 157 Å². The quantitative estimate of drug-likeness (QED) is 0.676. The maximum atomic E-state index is 10.6. The molecular weight excluding hydrogens is 346 g/mol. The zero-order chi connectivity index (χ0) is 17.9. The molecule has 26 heavy (non-hydrogen) atoms. The minimum absolute atomic E-state index is 0.622. The van der Waals surface area contributed by atoms with E-state index >= 15 is 0 Å². The first-order valence-corrected chi connectivity index (χ1v) is 9.81. The maximum absolute atomic E-state index is 10.6. The van der Waals surface area contributed by atoms with E-state index < -0.39 is 6.10 Å². The third kappa shape index (κ3) is 3.70. The molecule has 0 saturated carbocycles. The Morgan fingerprint density at radius 1 is 1.23 bits per heavy atom. The molecule has 0 aliphatic carbocycles. The van der Waals surface area contributed by atoms with Crippen LogP contribution < -0.4 is 0 Å². The van der Waals surface area contributed by atoms with Crippen LogP contribution in [-0.4, -0.2) is 48.2 Å². The molecule has 0 saturated heterocycles. The predicted octanol–water partition coefficient (Wildman–Crippen LogP) is 2.31. The molecule has 1 aliphatic heterocycles. The van der Waals surface area contributed by atoms with Gasteiger partial charge in [-0.05, 0) is 18.2 Å². The molecule has 136 valence electrons. The van der Waals surface area contributed by atoms with Crippen molar-refractivity contribution in [3.63, 3.8) is 0 Å². The Balaban J connectivity index is 1.37. The SMILES string of the molecule is Cn1ccnc1C(O)c1cc2n(n1)CCN(CCSc1ccccc1)C2. The van der Waals surface area contributed by atoms with Crippen LogP contribution in [0.15, 0.2) is 53.7 Å². The van der Waals surface area contributed by atoms with E-state index in [2.05, 4.69) is 39.2 Å². The molecule has 0 spiro atoms. The highest BCUT2D eigenvalue weighted by molar-refractivity contribution is 7.99. The highest BCUT2D eigenvalue weighted by Gasteiger charge is 2.23. The lowest BCUT2D eigenvalue weighted by Crippen LogP contribution is -2.35. The molecule has 0 radical (unpaired) electrons. The van der Waals surface area contributed by atoms with Crippen molar-refractivity contribution in [1.82, 2.24) is 24.2 Å². The number of hydrogen-bond acceptors (Lipinski definition) is 5. The lowest BCUT2D eigenvalue weighted by molar-refractivity contribution is 0.198. The number of nitrogens with zero attached hydrogens (tertiary/aromatic N) is 5. The largest absolute Gasteiger partial charge is 0.379 e. The van der Waals surface area contributed by atoms with Gasteiger partial charge in [-0.2, -0.15) is 5.10 Å². The molecule has 4 rings (SSSR count). The molecule has 0 fully saturated rings. The van der Waals surface area contributed by atoms with E-state index in [0.29, 0.717) is 11.5 Å². The van der Waals surface area contributed by atoms with Crippen molar-refractivity contribution < 1.29 is 5.11 Å². The fraction of sp³-hybridized carbons (Fsp3) is 0.368. The van der Waals surface area contributed by atoms with Gasteiger partial charge in [0.15, 0.2) is 6.10 Å². The smallest absolute Gasteiger partial charge is 0.155 e. The van der Waals surface area contributed by atoms with E-state index in [1.807, 2.05) is 46.4 Å².